The van der Waals surface area contributed by atoms with Gasteiger partial charge in [-0.3, -0.25) is 0 Å². The third-order valence-corrected chi connectivity index (χ3v) is 7.31. The molecule has 6 rings (SSSR count). The first-order valence-electron chi connectivity index (χ1n) is 11.9. The van der Waals surface area contributed by atoms with Gasteiger partial charge in [-0.15, -0.1) is 0 Å². The molecule has 1 unspecified atom stereocenters. The molecule has 4 heteroatoms. The van der Waals surface area contributed by atoms with Crippen LogP contribution in [0.3, 0.4) is 0 Å². The summed E-state index contributed by atoms with van der Waals surface area (Å²) in [5.74, 6) is 0.429. The normalized spacial score (nSPS) is 19.7. The first kappa shape index (κ1) is 20.1. The molecule has 2 heterocycles. The molecule has 4 aromatic rings. The maximum absolute atomic E-state index is 6.70. The topological polar surface area (TPSA) is 56.2 Å². The van der Waals surface area contributed by atoms with E-state index in [1.807, 2.05) is 22.8 Å². The molecule has 0 aliphatic heterocycles. The van der Waals surface area contributed by atoms with Gasteiger partial charge in [0.2, 0.25) is 0 Å². The van der Waals surface area contributed by atoms with Crippen molar-refractivity contribution in [1.82, 2.24) is 14.6 Å². The van der Waals surface area contributed by atoms with Crippen molar-refractivity contribution < 1.29 is 0 Å². The van der Waals surface area contributed by atoms with Gasteiger partial charge in [0, 0.05) is 22.9 Å². The maximum atomic E-state index is 6.70. The Bertz CT molecular complexity index is 1340. The minimum absolute atomic E-state index is 0.0225. The van der Waals surface area contributed by atoms with E-state index in [9.17, 15) is 0 Å². The van der Waals surface area contributed by atoms with Gasteiger partial charge in [-0.05, 0) is 54.7 Å². The molecule has 0 radical (unpaired) electrons. The summed E-state index contributed by atoms with van der Waals surface area (Å²) in [6.45, 7) is 0. The number of hydrogen-bond donors (Lipinski definition) is 1. The van der Waals surface area contributed by atoms with Crippen LogP contribution in [0.15, 0.2) is 91.3 Å². The molecule has 0 bridgehead atoms. The highest BCUT2D eigenvalue weighted by atomic mass is 15.2. The lowest BCUT2D eigenvalue weighted by molar-refractivity contribution is 0.177. The molecule has 1 atom stereocenters. The fraction of sp³-hybridized carbons (Fsp3) is 0.241. The van der Waals surface area contributed by atoms with E-state index in [2.05, 4.69) is 78.1 Å². The summed E-state index contributed by atoms with van der Waals surface area (Å²) in [6.07, 6.45) is 16.6. The molecule has 2 N–H and O–H groups in total. The third-order valence-electron chi connectivity index (χ3n) is 7.31. The minimum Gasteiger partial charge on any atom is -0.325 e. The van der Waals surface area contributed by atoms with Crippen molar-refractivity contribution in [2.75, 3.05) is 0 Å². The maximum Gasteiger partial charge on any atom is 0.163 e. The van der Waals surface area contributed by atoms with Crippen molar-refractivity contribution in [3.8, 4) is 22.3 Å². The molecule has 0 spiro atoms. The molecule has 4 nitrogen and oxygen atoms in total. The van der Waals surface area contributed by atoms with Crippen LogP contribution >= 0.6 is 0 Å². The van der Waals surface area contributed by atoms with Crippen LogP contribution in [0.25, 0.3) is 33.5 Å². The second kappa shape index (κ2) is 8.13. The van der Waals surface area contributed by atoms with Crippen LogP contribution in [0.5, 0.6) is 0 Å². The third kappa shape index (κ3) is 3.61. The van der Waals surface area contributed by atoms with E-state index in [4.69, 9.17) is 10.7 Å². The lowest BCUT2D eigenvalue weighted by atomic mass is 9.67. The molecule has 1 fully saturated rings. The Morgan fingerprint density at radius 3 is 2.27 bits per heavy atom. The number of hydrogen-bond acceptors (Lipinski definition) is 3. The van der Waals surface area contributed by atoms with Gasteiger partial charge in [-0.1, -0.05) is 78.9 Å². The Hall–Kier alpha value is -3.50. The molecule has 2 aliphatic rings. The summed E-state index contributed by atoms with van der Waals surface area (Å²) in [4.78, 5) is 5.22. The highest BCUT2D eigenvalue weighted by molar-refractivity contribution is 5.86. The average molecular weight is 433 g/mol. The summed E-state index contributed by atoms with van der Waals surface area (Å²) in [7, 11) is 0. The van der Waals surface area contributed by atoms with E-state index in [1.54, 1.807) is 0 Å². The Morgan fingerprint density at radius 1 is 0.909 bits per heavy atom. The van der Waals surface area contributed by atoms with E-state index >= 15 is 0 Å². The van der Waals surface area contributed by atoms with Crippen LogP contribution in [0, 0.1) is 5.92 Å². The zero-order chi connectivity index (χ0) is 22.3. The van der Waals surface area contributed by atoms with Crippen LogP contribution in [0.1, 0.15) is 37.8 Å². The number of fused-ring (bicyclic) bond motifs is 1. The predicted molar refractivity (Wildman–Crippen MR) is 134 cm³/mol. The Kier molecular flexibility index (Phi) is 4.96. The van der Waals surface area contributed by atoms with E-state index < -0.39 is 0 Å². The van der Waals surface area contributed by atoms with Crippen molar-refractivity contribution in [3.63, 3.8) is 0 Å². The molecule has 0 saturated heterocycles. The number of nitrogens with zero attached hydrogens (tertiary/aromatic N) is 3. The molecule has 1 saturated carbocycles. The second-order valence-corrected chi connectivity index (χ2v) is 9.35. The Morgan fingerprint density at radius 2 is 1.61 bits per heavy atom. The van der Waals surface area contributed by atoms with Crippen molar-refractivity contribution in [1.29, 1.82) is 0 Å². The quantitative estimate of drug-likeness (QED) is 0.412. The predicted octanol–water partition coefficient (Wildman–Crippen LogP) is 6.29. The Labute approximate surface area is 194 Å². The van der Waals surface area contributed by atoms with Crippen molar-refractivity contribution in [3.05, 3.63) is 97.0 Å². The SMILES string of the molecule is NC1(C2C=CC(c3nc4c(-c5ccccc5)cnn4cc3-c3ccccc3)=CCC2)CCC1. The highest BCUT2D eigenvalue weighted by Gasteiger charge is 2.39. The van der Waals surface area contributed by atoms with E-state index in [0.717, 1.165) is 59.3 Å². The lowest BCUT2D eigenvalue weighted by Crippen LogP contribution is -2.52. The zero-order valence-electron chi connectivity index (χ0n) is 18.7. The van der Waals surface area contributed by atoms with Gasteiger partial charge in [0.1, 0.15) is 0 Å². The first-order chi connectivity index (χ1) is 16.2. The zero-order valence-corrected chi connectivity index (χ0v) is 18.7. The summed E-state index contributed by atoms with van der Waals surface area (Å²) in [6, 6.07) is 20.8. The number of rotatable bonds is 4. The molecule has 164 valence electrons. The number of benzene rings is 2. The monoisotopic (exact) mass is 432 g/mol. The molecule has 0 amide bonds. The van der Waals surface area contributed by atoms with E-state index in [1.165, 1.54) is 12.0 Å². The van der Waals surface area contributed by atoms with Crippen LogP contribution in [0.2, 0.25) is 0 Å². The standard InChI is InChI=1S/C29H28N4/c30-29(17-8-18-29)24-14-7-13-23(15-16-24)27-26(22-11-5-2-6-12-22)20-33-28(32-27)25(19-31-33)21-9-3-1-4-10-21/h1-6,9-13,15-16,19-20,24H,7-8,14,17-18,30H2. The fourth-order valence-corrected chi connectivity index (χ4v) is 5.19. The van der Waals surface area contributed by atoms with Gasteiger partial charge in [-0.25, -0.2) is 9.50 Å². The molecular weight excluding hydrogens is 404 g/mol. The minimum atomic E-state index is -0.0225. The van der Waals surface area contributed by atoms with Gasteiger partial charge < -0.3 is 5.73 Å². The summed E-state index contributed by atoms with van der Waals surface area (Å²) in [5, 5.41) is 4.65. The van der Waals surface area contributed by atoms with E-state index in [0.29, 0.717) is 5.92 Å². The van der Waals surface area contributed by atoms with E-state index in [-0.39, 0.29) is 5.54 Å². The van der Waals surface area contributed by atoms with Gasteiger partial charge in [0.15, 0.2) is 5.65 Å². The van der Waals surface area contributed by atoms with Crippen molar-refractivity contribution >= 4 is 11.2 Å². The number of allylic oxidation sites excluding steroid dienone is 3. The molecule has 2 aromatic carbocycles. The van der Waals surface area contributed by atoms with Gasteiger partial charge in [0.25, 0.3) is 0 Å². The fourth-order valence-electron chi connectivity index (χ4n) is 5.19. The number of nitrogens with two attached hydrogens (primary N) is 1. The van der Waals surface area contributed by atoms with Crippen LogP contribution in [0.4, 0.5) is 0 Å². The van der Waals surface area contributed by atoms with Crippen molar-refractivity contribution in [2.45, 2.75) is 37.6 Å². The average Bonchev–Trinajstić information content (AvgIpc) is 3.10. The lowest BCUT2D eigenvalue weighted by Gasteiger charge is -2.43. The largest absolute Gasteiger partial charge is 0.325 e. The second-order valence-electron chi connectivity index (χ2n) is 9.35. The Balaban J connectivity index is 1.50. The molecule has 2 aliphatic carbocycles. The molecular formula is C29H28N4. The summed E-state index contributed by atoms with van der Waals surface area (Å²) >= 11 is 0. The summed E-state index contributed by atoms with van der Waals surface area (Å²) < 4.78 is 1.90. The summed E-state index contributed by atoms with van der Waals surface area (Å²) in [5.41, 5.74) is 14.1. The molecule has 2 aromatic heterocycles. The van der Waals surface area contributed by atoms with Gasteiger partial charge >= 0.3 is 0 Å². The van der Waals surface area contributed by atoms with Gasteiger partial charge in [-0.2, -0.15) is 5.10 Å². The van der Waals surface area contributed by atoms with Crippen LogP contribution in [-0.4, -0.2) is 20.1 Å². The number of aromatic nitrogens is 3. The van der Waals surface area contributed by atoms with Crippen LogP contribution < -0.4 is 5.73 Å². The van der Waals surface area contributed by atoms with Crippen molar-refractivity contribution in [2.24, 2.45) is 11.7 Å². The van der Waals surface area contributed by atoms with Gasteiger partial charge in [0.05, 0.1) is 11.9 Å². The first-order valence-corrected chi connectivity index (χ1v) is 11.9. The van der Waals surface area contributed by atoms with Crippen LogP contribution in [-0.2, 0) is 0 Å². The highest BCUT2D eigenvalue weighted by Crippen LogP contribution is 2.41. The molecule has 33 heavy (non-hydrogen) atoms. The smallest absolute Gasteiger partial charge is 0.163 e.